The molecule has 0 radical (unpaired) electrons. The second-order valence-corrected chi connectivity index (χ2v) is 9.35. The molecule has 5 nitrogen and oxygen atoms in total. The summed E-state index contributed by atoms with van der Waals surface area (Å²) in [6.45, 7) is 2.44. The molecule has 35 heavy (non-hydrogen) atoms. The Morgan fingerprint density at radius 2 is 1.77 bits per heavy atom. The van der Waals surface area contributed by atoms with Crippen LogP contribution in [0.1, 0.15) is 51.7 Å². The zero-order valence-corrected chi connectivity index (χ0v) is 19.9. The Labute approximate surface area is 205 Å². The van der Waals surface area contributed by atoms with Gasteiger partial charge in [-0.2, -0.15) is 13.2 Å². The van der Waals surface area contributed by atoms with Crippen LogP contribution in [0.25, 0.3) is 0 Å². The molecular weight excluding hydrogens is 477 g/mol. The van der Waals surface area contributed by atoms with Crippen LogP contribution in [-0.2, 0) is 30.2 Å². The molecule has 1 heterocycles. The van der Waals surface area contributed by atoms with Gasteiger partial charge in [0, 0.05) is 10.6 Å². The van der Waals surface area contributed by atoms with E-state index in [1.165, 1.54) is 23.5 Å². The molecule has 0 fully saturated rings. The highest BCUT2D eigenvalue weighted by Crippen LogP contribution is 2.39. The molecule has 0 spiro atoms. The zero-order valence-electron chi connectivity index (χ0n) is 19.1. The van der Waals surface area contributed by atoms with Gasteiger partial charge in [-0.3, -0.25) is 9.59 Å². The average molecular weight is 503 g/mol. The average Bonchev–Trinajstić information content (AvgIpc) is 3.18. The molecule has 2 amide bonds. The Hall–Kier alpha value is -3.33. The lowest BCUT2D eigenvalue weighted by Gasteiger charge is -2.14. The summed E-state index contributed by atoms with van der Waals surface area (Å²) in [4.78, 5) is 27.0. The Balaban J connectivity index is 1.54. The van der Waals surface area contributed by atoms with Crippen molar-refractivity contribution in [2.75, 3.05) is 17.2 Å². The van der Waals surface area contributed by atoms with Crippen LogP contribution in [0.5, 0.6) is 5.75 Å². The van der Waals surface area contributed by atoms with Crippen molar-refractivity contribution in [1.29, 1.82) is 0 Å². The SMILES string of the molecule is CCOc1ccc(CC(=O)Nc2sc3c(c2C(=O)Nc2cccc(C(F)(F)F)c2)CCCC3)cc1. The normalized spacial score (nSPS) is 13.1. The molecule has 9 heteroatoms. The van der Waals surface area contributed by atoms with Gasteiger partial charge in [0.05, 0.1) is 24.2 Å². The molecule has 1 aliphatic carbocycles. The second kappa shape index (κ2) is 10.5. The highest BCUT2D eigenvalue weighted by Gasteiger charge is 2.31. The number of carbonyl (C=O) groups is 2. The number of benzene rings is 2. The van der Waals surface area contributed by atoms with Crippen LogP contribution >= 0.6 is 11.3 Å². The summed E-state index contributed by atoms with van der Waals surface area (Å²) in [7, 11) is 0. The fourth-order valence-corrected chi connectivity index (χ4v) is 5.39. The molecule has 1 aliphatic rings. The summed E-state index contributed by atoms with van der Waals surface area (Å²) in [6.07, 6.45) is -1.01. The molecule has 0 saturated carbocycles. The van der Waals surface area contributed by atoms with Crippen LogP contribution in [0.15, 0.2) is 48.5 Å². The molecular formula is C26H25F3N2O3S. The van der Waals surface area contributed by atoms with Gasteiger partial charge in [-0.25, -0.2) is 0 Å². The molecule has 2 aromatic carbocycles. The summed E-state index contributed by atoms with van der Waals surface area (Å²) in [5.41, 5.74) is 1.20. The molecule has 0 atom stereocenters. The number of thiophene rings is 1. The minimum atomic E-state index is -4.51. The van der Waals surface area contributed by atoms with E-state index in [4.69, 9.17) is 4.74 Å². The van der Waals surface area contributed by atoms with Crippen molar-refractivity contribution in [2.24, 2.45) is 0 Å². The van der Waals surface area contributed by atoms with Gasteiger partial charge in [0.2, 0.25) is 5.91 Å². The first kappa shape index (κ1) is 24.8. The lowest BCUT2D eigenvalue weighted by Crippen LogP contribution is -2.19. The number of alkyl halides is 3. The van der Waals surface area contributed by atoms with E-state index in [1.54, 1.807) is 12.1 Å². The second-order valence-electron chi connectivity index (χ2n) is 8.25. The summed E-state index contributed by atoms with van der Waals surface area (Å²) in [6, 6.07) is 11.7. The third kappa shape index (κ3) is 6.03. The van der Waals surface area contributed by atoms with Crippen molar-refractivity contribution in [3.05, 3.63) is 75.7 Å². The van der Waals surface area contributed by atoms with E-state index in [0.717, 1.165) is 53.1 Å². The molecule has 0 unspecified atom stereocenters. The predicted molar refractivity (Wildman–Crippen MR) is 130 cm³/mol. The summed E-state index contributed by atoms with van der Waals surface area (Å²) in [5, 5.41) is 5.88. The Morgan fingerprint density at radius 3 is 2.49 bits per heavy atom. The standard InChI is InChI=1S/C26H25F3N2O3S/c1-2-34-19-12-10-16(11-13-19)14-22(32)31-25-23(20-8-3-4-9-21(20)35-25)24(33)30-18-7-5-6-17(15-18)26(27,28)29/h5-7,10-13,15H,2-4,8-9,14H2,1H3,(H,30,33)(H,31,32). The fourth-order valence-electron chi connectivity index (χ4n) is 4.09. The molecule has 0 aliphatic heterocycles. The number of fused-ring (bicyclic) bond motifs is 1. The van der Waals surface area contributed by atoms with Crippen LogP contribution in [0, 0.1) is 0 Å². The maximum Gasteiger partial charge on any atom is 0.416 e. The first-order valence-electron chi connectivity index (χ1n) is 11.4. The van der Waals surface area contributed by atoms with Gasteiger partial charge in [-0.1, -0.05) is 18.2 Å². The van der Waals surface area contributed by atoms with Crippen molar-refractivity contribution >= 4 is 33.8 Å². The van der Waals surface area contributed by atoms with Gasteiger partial charge in [0.25, 0.3) is 5.91 Å². The molecule has 3 aromatic rings. The Bertz CT molecular complexity index is 1220. The van der Waals surface area contributed by atoms with Gasteiger partial charge >= 0.3 is 6.18 Å². The number of amides is 2. The van der Waals surface area contributed by atoms with E-state index in [2.05, 4.69) is 10.6 Å². The van der Waals surface area contributed by atoms with E-state index in [9.17, 15) is 22.8 Å². The molecule has 2 N–H and O–H groups in total. The highest BCUT2D eigenvalue weighted by atomic mass is 32.1. The van der Waals surface area contributed by atoms with Crippen LogP contribution in [0.3, 0.4) is 0 Å². The third-order valence-electron chi connectivity index (χ3n) is 5.70. The van der Waals surface area contributed by atoms with Gasteiger partial charge in [-0.15, -0.1) is 11.3 Å². The lowest BCUT2D eigenvalue weighted by atomic mass is 9.95. The third-order valence-corrected chi connectivity index (χ3v) is 6.91. The van der Waals surface area contributed by atoms with Crippen molar-refractivity contribution in [3.8, 4) is 5.75 Å². The van der Waals surface area contributed by atoms with E-state index >= 15 is 0 Å². The predicted octanol–water partition coefficient (Wildman–Crippen LogP) is 6.48. The van der Waals surface area contributed by atoms with Gasteiger partial charge in [0.1, 0.15) is 10.8 Å². The number of aryl methyl sites for hydroxylation is 1. The van der Waals surface area contributed by atoms with E-state index < -0.39 is 17.6 Å². The number of rotatable bonds is 7. The highest BCUT2D eigenvalue weighted by molar-refractivity contribution is 7.17. The van der Waals surface area contributed by atoms with Gasteiger partial charge < -0.3 is 15.4 Å². The maximum absolute atomic E-state index is 13.2. The Morgan fingerprint density at radius 1 is 1.03 bits per heavy atom. The number of anilines is 2. The van der Waals surface area contributed by atoms with Gasteiger partial charge in [-0.05, 0) is 74.1 Å². The number of hydrogen-bond donors (Lipinski definition) is 2. The van der Waals surface area contributed by atoms with Crippen molar-refractivity contribution in [2.45, 2.75) is 45.2 Å². The number of carbonyl (C=O) groups excluding carboxylic acids is 2. The maximum atomic E-state index is 13.2. The van der Waals surface area contributed by atoms with Crippen LogP contribution < -0.4 is 15.4 Å². The monoisotopic (exact) mass is 502 g/mol. The Kier molecular flexibility index (Phi) is 7.45. The summed E-state index contributed by atoms with van der Waals surface area (Å²) in [5.74, 6) is -0.0860. The van der Waals surface area contributed by atoms with Crippen LogP contribution in [0.4, 0.5) is 23.9 Å². The molecule has 0 bridgehead atoms. The first-order chi connectivity index (χ1) is 16.7. The smallest absolute Gasteiger partial charge is 0.416 e. The number of halogens is 3. The van der Waals surface area contributed by atoms with Crippen molar-refractivity contribution in [1.82, 2.24) is 0 Å². The molecule has 4 rings (SSSR count). The number of hydrogen-bond acceptors (Lipinski definition) is 4. The summed E-state index contributed by atoms with van der Waals surface area (Å²) < 4.78 is 44.7. The summed E-state index contributed by atoms with van der Waals surface area (Å²) >= 11 is 1.36. The topological polar surface area (TPSA) is 67.4 Å². The quantitative estimate of drug-likeness (QED) is 0.389. The number of nitrogens with one attached hydrogen (secondary N) is 2. The molecule has 184 valence electrons. The minimum absolute atomic E-state index is 0.0484. The van der Waals surface area contributed by atoms with E-state index in [1.807, 2.05) is 19.1 Å². The number of ether oxygens (including phenoxy) is 1. The molecule has 0 saturated heterocycles. The molecule has 1 aromatic heterocycles. The minimum Gasteiger partial charge on any atom is -0.494 e. The van der Waals surface area contributed by atoms with Crippen LogP contribution in [-0.4, -0.2) is 18.4 Å². The fraction of sp³-hybridized carbons (Fsp3) is 0.308. The van der Waals surface area contributed by atoms with Crippen molar-refractivity contribution in [3.63, 3.8) is 0 Å². The van der Waals surface area contributed by atoms with E-state index in [-0.39, 0.29) is 18.0 Å². The van der Waals surface area contributed by atoms with Crippen LogP contribution in [0.2, 0.25) is 0 Å². The van der Waals surface area contributed by atoms with E-state index in [0.29, 0.717) is 23.6 Å². The first-order valence-corrected chi connectivity index (χ1v) is 12.2. The van der Waals surface area contributed by atoms with Crippen molar-refractivity contribution < 1.29 is 27.5 Å². The zero-order chi connectivity index (χ0) is 25.0. The lowest BCUT2D eigenvalue weighted by molar-refractivity contribution is -0.137. The van der Waals surface area contributed by atoms with Gasteiger partial charge in [0.15, 0.2) is 0 Å². The largest absolute Gasteiger partial charge is 0.494 e.